The molecule has 0 aliphatic carbocycles. The Morgan fingerprint density at radius 1 is 0.579 bits per heavy atom. The molecule has 38 heavy (non-hydrogen) atoms. The van der Waals surface area contributed by atoms with Crippen LogP contribution in [0.25, 0.3) is 10.8 Å². The highest BCUT2D eigenvalue weighted by molar-refractivity contribution is 7.86. The van der Waals surface area contributed by atoms with E-state index in [1.165, 1.54) is 48.5 Å². The number of hydrogen-bond donors (Lipinski definition) is 4. The molecule has 4 N–H and O–H groups in total. The fourth-order valence-electron chi connectivity index (χ4n) is 3.28. The number of nitrogens with zero attached hydrogens (tertiary/aromatic N) is 4. The molecule has 16 heteroatoms. The standard InChI is InChI=1S/C22H14Cl2N4O8S2/c23-12-1-5-14(6-2-12)25-27-19-16(37(31,32)33)9-11-10-17(38(34,35)36)20(22(30)18(11)21(19)29)28-26-15-7-3-13(24)4-8-15/h1-10,29-30H,(H,31,32,33)(H,34,35,36). The number of halogens is 2. The Labute approximate surface area is 225 Å². The molecule has 0 saturated carbocycles. The summed E-state index contributed by atoms with van der Waals surface area (Å²) in [5.74, 6) is -1.98. The van der Waals surface area contributed by atoms with E-state index in [9.17, 15) is 36.2 Å². The molecule has 0 radical (unpaired) electrons. The molecule has 0 aliphatic rings. The minimum Gasteiger partial charge on any atom is -0.505 e. The number of benzene rings is 4. The average Bonchev–Trinajstić information content (AvgIpc) is 2.83. The van der Waals surface area contributed by atoms with Crippen LogP contribution in [0.2, 0.25) is 10.0 Å². The van der Waals surface area contributed by atoms with Crippen LogP contribution in [-0.2, 0) is 20.2 Å². The fraction of sp³-hybridized carbons (Fsp3) is 0. The van der Waals surface area contributed by atoms with Crippen molar-refractivity contribution in [2.45, 2.75) is 9.79 Å². The number of azo groups is 2. The van der Waals surface area contributed by atoms with Crippen LogP contribution >= 0.6 is 23.2 Å². The lowest BCUT2D eigenvalue weighted by atomic mass is 10.1. The predicted octanol–water partition coefficient (Wildman–Crippen LogP) is 6.88. The molecule has 4 aromatic rings. The Morgan fingerprint density at radius 2 is 0.921 bits per heavy atom. The van der Waals surface area contributed by atoms with Gasteiger partial charge < -0.3 is 10.2 Å². The number of aromatic hydroxyl groups is 2. The van der Waals surface area contributed by atoms with E-state index in [1.807, 2.05) is 0 Å². The van der Waals surface area contributed by atoms with E-state index in [-0.39, 0.29) is 11.4 Å². The molecule has 0 aliphatic heterocycles. The summed E-state index contributed by atoms with van der Waals surface area (Å²) in [6.07, 6.45) is 0. The van der Waals surface area contributed by atoms with Gasteiger partial charge >= 0.3 is 0 Å². The third-order valence-electron chi connectivity index (χ3n) is 4.99. The lowest BCUT2D eigenvalue weighted by Gasteiger charge is -2.13. The van der Waals surface area contributed by atoms with Gasteiger partial charge in [-0.1, -0.05) is 23.2 Å². The van der Waals surface area contributed by atoms with Gasteiger partial charge in [0.05, 0.1) is 16.8 Å². The van der Waals surface area contributed by atoms with Crippen molar-refractivity contribution in [2.24, 2.45) is 20.5 Å². The third kappa shape index (κ3) is 5.75. The Kier molecular flexibility index (Phi) is 7.38. The van der Waals surface area contributed by atoms with Gasteiger partial charge in [-0.2, -0.15) is 27.1 Å². The van der Waals surface area contributed by atoms with E-state index in [0.29, 0.717) is 10.0 Å². The Hall–Kier alpha value is -3.66. The van der Waals surface area contributed by atoms with E-state index >= 15 is 0 Å². The van der Waals surface area contributed by atoms with Crippen molar-refractivity contribution < 1.29 is 36.2 Å². The molecule has 12 nitrogen and oxygen atoms in total. The first-order valence-corrected chi connectivity index (χ1v) is 13.7. The van der Waals surface area contributed by atoms with Crippen molar-refractivity contribution in [3.05, 3.63) is 70.7 Å². The highest BCUT2D eigenvalue weighted by atomic mass is 35.5. The maximum absolute atomic E-state index is 12.1. The highest BCUT2D eigenvalue weighted by Crippen LogP contribution is 2.50. The second-order valence-corrected chi connectivity index (χ2v) is 11.2. The van der Waals surface area contributed by atoms with Crippen LogP contribution in [-0.4, -0.2) is 36.2 Å². The molecule has 4 rings (SSSR count). The van der Waals surface area contributed by atoms with E-state index in [1.54, 1.807) is 0 Å². The fourth-order valence-corrected chi connectivity index (χ4v) is 4.85. The van der Waals surface area contributed by atoms with Crippen molar-refractivity contribution in [2.75, 3.05) is 0 Å². The largest absolute Gasteiger partial charge is 0.505 e. The first-order valence-electron chi connectivity index (χ1n) is 10.1. The van der Waals surface area contributed by atoms with Crippen molar-refractivity contribution >= 4 is 77.0 Å². The van der Waals surface area contributed by atoms with Crippen LogP contribution in [0.5, 0.6) is 11.5 Å². The normalized spacial score (nSPS) is 12.6. The van der Waals surface area contributed by atoms with Gasteiger partial charge in [0.15, 0.2) is 11.5 Å². The maximum atomic E-state index is 12.1. The topological polar surface area (TPSA) is 199 Å². The van der Waals surface area contributed by atoms with Crippen molar-refractivity contribution in [1.82, 2.24) is 0 Å². The highest BCUT2D eigenvalue weighted by Gasteiger charge is 2.28. The molecule has 0 fully saturated rings. The first kappa shape index (κ1) is 27.4. The van der Waals surface area contributed by atoms with Gasteiger partial charge in [0, 0.05) is 10.0 Å². The van der Waals surface area contributed by atoms with Crippen LogP contribution in [0.4, 0.5) is 22.7 Å². The van der Waals surface area contributed by atoms with E-state index in [4.69, 9.17) is 23.2 Å². The summed E-state index contributed by atoms with van der Waals surface area (Å²) in [5.41, 5.74) is -1.16. The minimum absolute atomic E-state index is 0.193. The van der Waals surface area contributed by atoms with Crippen LogP contribution in [0.3, 0.4) is 0 Å². The number of hydrogen-bond acceptors (Lipinski definition) is 10. The summed E-state index contributed by atoms with van der Waals surface area (Å²) in [4.78, 5) is -1.92. The first-order chi connectivity index (χ1) is 17.8. The number of rotatable bonds is 6. The third-order valence-corrected chi connectivity index (χ3v) is 7.23. The maximum Gasteiger partial charge on any atom is 0.296 e. The van der Waals surface area contributed by atoms with Gasteiger partial charge in [-0.15, -0.1) is 10.2 Å². The van der Waals surface area contributed by atoms with Gasteiger partial charge in [0.2, 0.25) is 0 Å². The molecule has 0 aromatic heterocycles. The number of phenolic OH excluding ortho intramolecular Hbond substituents is 2. The molecule has 196 valence electrons. The van der Waals surface area contributed by atoms with Gasteiger partial charge in [0.1, 0.15) is 21.2 Å². The van der Waals surface area contributed by atoms with Gasteiger partial charge in [-0.3, -0.25) is 9.11 Å². The zero-order valence-electron chi connectivity index (χ0n) is 18.6. The van der Waals surface area contributed by atoms with E-state index in [0.717, 1.165) is 12.1 Å². The lowest BCUT2D eigenvalue weighted by molar-refractivity contribution is 0.458. The van der Waals surface area contributed by atoms with E-state index < -0.39 is 63.7 Å². The molecular weight excluding hydrogens is 583 g/mol. The smallest absolute Gasteiger partial charge is 0.296 e. The second kappa shape index (κ2) is 10.2. The zero-order chi connectivity index (χ0) is 27.8. The lowest BCUT2D eigenvalue weighted by Crippen LogP contribution is -2.01. The molecule has 4 aromatic carbocycles. The molecule has 0 bridgehead atoms. The van der Waals surface area contributed by atoms with Crippen LogP contribution in [0.15, 0.2) is 90.9 Å². The van der Waals surface area contributed by atoms with Crippen LogP contribution in [0, 0.1) is 0 Å². The minimum atomic E-state index is -5.06. The molecule has 0 saturated heterocycles. The molecule has 0 spiro atoms. The molecular formula is C22H14Cl2N4O8S2. The van der Waals surface area contributed by atoms with Crippen molar-refractivity contribution in [1.29, 1.82) is 0 Å². The molecule has 0 heterocycles. The average molecular weight is 597 g/mol. The van der Waals surface area contributed by atoms with Gasteiger partial charge in [-0.05, 0) is 66.0 Å². The summed E-state index contributed by atoms with van der Waals surface area (Å²) >= 11 is 11.6. The Morgan fingerprint density at radius 3 is 1.24 bits per heavy atom. The number of phenols is 2. The SMILES string of the molecule is O=S(=O)(O)c1cc2cc(S(=O)(=O)O)c(N=Nc3ccc(Cl)cc3)c(O)c2c(O)c1N=Nc1ccc(Cl)cc1. The summed E-state index contributed by atoms with van der Waals surface area (Å²) in [5, 5.41) is 36.7. The van der Waals surface area contributed by atoms with E-state index in [2.05, 4.69) is 20.5 Å². The van der Waals surface area contributed by atoms with Gasteiger partial charge in [0.25, 0.3) is 20.2 Å². The summed E-state index contributed by atoms with van der Waals surface area (Å²) in [6.45, 7) is 0. The Balaban J connectivity index is 2.01. The molecule has 0 atom stereocenters. The summed E-state index contributed by atoms with van der Waals surface area (Å²) < 4.78 is 67.8. The zero-order valence-corrected chi connectivity index (χ0v) is 21.7. The second-order valence-electron chi connectivity index (χ2n) is 7.54. The Bertz CT molecular complexity index is 1710. The number of fused-ring (bicyclic) bond motifs is 1. The predicted molar refractivity (Wildman–Crippen MR) is 138 cm³/mol. The molecule has 0 unspecified atom stereocenters. The quantitative estimate of drug-likeness (QED) is 0.136. The van der Waals surface area contributed by atoms with Crippen molar-refractivity contribution in [3.63, 3.8) is 0 Å². The van der Waals surface area contributed by atoms with Crippen molar-refractivity contribution in [3.8, 4) is 11.5 Å². The van der Waals surface area contributed by atoms with Gasteiger partial charge in [-0.25, -0.2) is 0 Å². The van der Waals surface area contributed by atoms with Crippen LogP contribution in [0.1, 0.15) is 0 Å². The molecule has 0 amide bonds. The van der Waals surface area contributed by atoms with Crippen LogP contribution < -0.4 is 0 Å². The summed E-state index contributed by atoms with van der Waals surface area (Å²) in [6, 6.07) is 13.1. The monoisotopic (exact) mass is 596 g/mol. The summed E-state index contributed by atoms with van der Waals surface area (Å²) in [7, 11) is -10.1.